The molecule has 0 aromatic carbocycles. The zero-order valence-electron chi connectivity index (χ0n) is 13.8. The van der Waals surface area contributed by atoms with Crippen molar-refractivity contribution in [1.82, 2.24) is 0 Å². The van der Waals surface area contributed by atoms with E-state index in [-0.39, 0.29) is 5.97 Å². The SMILES string of the molecule is C=CC(=O)OCCCCOCC(O)C[N+](CC)(CC)CC. The number of likely N-dealkylation sites (N-methyl/N-ethyl adjacent to an activating group) is 1. The second-order valence-electron chi connectivity index (χ2n) is 5.28. The Hall–Kier alpha value is -0.910. The standard InChI is InChI=1S/C16H32NO4/c1-5-16(19)21-12-10-9-11-20-14-15(18)13-17(6-2,7-3)8-4/h5,15,18H,1,6-14H2,2-4H3/q+1. The molecule has 1 unspecified atom stereocenters. The van der Waals surface area contributed by atoms with E-state index in [1.165, 1.54) is 0 Å². The number of carbonyl (C=O) groups is 1. The minimum absolute atomic E-state index is 0.368. The number of hydrogen-bond acceptors (Lipinski definition) is 4. The first-order valence-electron chi connectivity index (χ1n) is 7.93. The number of hydrogen-bond donors (Lipinski definition) is 1. The summed E-state index contributed by atoms with van der Waals surface area (Å²) in [6.45, 7) is 15.0. The van der Waals surface area contributed by atoms with E-state index in [1.54, 1.807) is 0 Å². The van der Waals surface area contributed by atoms with Crippen LogP contribution in [0.1, 0.15) is 33.6 Å². The Bertz CT molecular complexity index is 282. The van der Waals surface area contributed by atoms with E-state index in [1.807, 2.05) is 0 Å². The zero-order valence-corrected chi connectivity index (χ0v) is 13.8. The molecule has 0 spiro atoms. The molecule has 5 heteroatoms. The van der Waals surface area contributed by atoms with Gasteiger partial charge in [0, 0.05) is 12.7 Å². The largest absolute Gasteiger partial charge is 0.463 e. The maximum absolute atomic E-state index is 10.8. The average molecular weight is 302 g/mol. The molecular formula is C16H32NO4+. The molecule has 0 aromatic rings. The van der Waals surface area contributed by atoms with Crippen LogP contribution in [0.2, 0.25) is 0 Å². The Morgan fingerprint density at radius 1 is 1.19 bits per heavy atom. The lowest BCUT2D eigenvalue weighted by atomic mass is 10.2. The minimum atomic E-state index is -0.427. The number of carbonyl (C=O) groups excluding carboxylic acids is 1. The number of nitrogens with zero attached hydrogens (tertiary/aromatic N) is 1. The van der Waals surface area contributed by atoms with Gasteiger partial charge in [-0.25, -0.2) is 4.79 Å². The third kappa shape index (κ3) is 8.86. The van der Waals surface area contributed by atoms with E-state index in [9.17, 15) is 9.90 Å². The summed E-state index contributed by atoms with van der Waals surface area (Å²) in [4.78, 5) is 10.8. The fourth-order valence-electron chi connectivity index (χ4n) is 2.32. The second-order valence-corrected chi connectivity index (χ2v) is 5.28. The summed E-state index contributed by atoms with van der Waals surface area (Å²) in [5, 5.41) is 10.1. The highest BCUT2D eigenvalue weighted by Gasteiger charge is 2.24. The lowest BCUT2D eigenvalue weighted by molar-refractivity contribution is -0.926. The van der Waals surface area contributed by atoms with Crippen LogP contribution in [0.4, 0.5) is 0 Å². The molecular weight excluding hydrogens is 270 g/mol. The van der Waals surface area contributed by atoms with Crippen LogP contribution in [0, 0.1) is 0 Å². The summed E-state index contributed by atoms with van der Waals surface area (Å²) in [6, 6.07) is 0. The van der Waals surface area contributed by atoms with Gasteiger partial charge in [-0.05, 0) is 33.6 Å². The molecule has 0 aromatic heterocycles. The van der Waals surface area contributed by atoms with Crippen molar-refractivity contribution in [2.24, 2.45) is 0 Å². The van der Waals surface area contributed by atoms with Crippen LogP contribution < -0.4 is 0 Å². The Morgan fingerprint density at radius 2 is 1.76 bits per heavy atom. The predicted molar refractivity (Wildman–Crippen MR) is 84.0 cm³/mol. The number of ether oxygens (including phenoxy) is 2. The van der Waals surface area contributed by atoms with E-state index in [0.717, 1.165) is 49.6 Å². The Labute approximate surface area is 129 Å². The van der Waals surface area contributed by atoms with E-state index in [2.05, 4.69) is 27.4 Å². The first-order valence-corrected chi connectivity index (χ1v) is 7.93. The van der Waals surface area contributed by atoms with Crippen LogP contribution in [0.5, 0.6) is 0 Å². The van der Waals surface area contributed by atoms with Gasteiger partial charge in [0.2, 0.25) is 0 Å². The first-order chi connectivity index (χ1) is 10.0. The summed E-state index contributed by atoms with van der Waals surface area (Å²) in [5.41, 5.74) is 0. The van der Waals surface area contributed by atoms with Gasteiger partial charge in [0.25, 0.3) is 0 Å². The molecule has 0 heterocycles. The van der Waals surface area contributed by atoms with Crippen molar-refractivity contribution in [3.8, 4) is 0 Å². The Morgan fingerprint density at radius 3 is 2.29 bits per heavy atom. The molecule has 1 N–H and O–H groups in total. The van der Waals surface area contributed by atoms with Crippen molar-refractivity contribution >= 4 is 5.97 Å². The van der Waals surface area contributed by atoms with Gasteiger partial charge < -0.3 is 19.1 Å². The highest BCUT2D eigenvalue weighted by molar-refractivity contribution is 5.81. The van der Waals surface area contributed by atoms with Crippen molar-refractivity contribution in [3.05, 3.63) is 12.7 Å². The van der Waals surface area contributed by atoms with Crippen LogP contribution in [-0.2, 0) is 14.3 Å². The van der Waals surface area contributed by atoms with Crippen LogP contribution in [0.25, 0.3) is 0 Å². The minimum Gasteiger partial charge on any atom is -0.463 e. The highest BCUT2D eigenvalue weighted by Crippen LogP contribution is 2.08. The fourth-order valence-corrected chi connectivity index (χ4v) is 2.32. The molecule has 1 atom stereocenters. The van der Waals surface area contributed by atoms with Crippen LogP contribution in [0.3, 0.4) is 0 Å². The first kappa shape index (κ1) is 20.1. The second kappa shape index (κ2) is 11.7. The van der Waals surface area contributed by atoms with E-state index in [0.29, 0.717) is 19.8 Å². The lowest BCUT2D eigenvalue weighted by Gasteiger charge is -2.37. The van der Waals surface area contributed by atoms with Gasteiger partial charge >= 0.3 is 5.97 Å². The summed E-state index contributed by atoms with van der Waals surface area (Å²) in [5.74, 6) is -0.390. The van der Waals surface area contributed by atoms with Gasteiger partial charge in [-0.3, -0.25) is 0 Å². The molecule has 0 fully saturated rings. The summed E-state index contributed by atoms with van der Waals surface area (Å²) < 4.78 is 11.3. The summed E-state index contributed by atoms with van der Waals surface area (Å²) in [7, 11) is 0. The van der Waals surface area contributed by atoms with Crippen molar-refractivity contribution in [3.63, 3.8) is 0 Å². The molecule has 124 valence electrons. The topological polar surface area (TPSA) is 55.8 Å². The molecule has 0 aliphatic carbocycles. The molecule has 21 heavy (non-hydrogen) atoms. The third-order valence-electron chi connectivity index (χ3n) is 4.01. The van der Waals surface area contributed by atoms with Crippen molar-refractivity contribution in [2.45, 2.75) is 39.7 Å². The van der Waals surface area contributed by atoms with Crippen LogP contribution >= 0.6 is 0 Å². The molecule has 0 radical (unpaired) electrons. The predicted octanol–water partition coefficient (Wildman–Crippen LogP) is 1.75. The molecule has 0 bridgehead atoms. The van der Waals surface area contributed by atoms with Gasteiger partial charge in [0.1, 0.15) is 12.6 Å². The van der Waals surface area contributed by atoms with Crippen molar-refractivity contribution in [1.29, 1.82) is 0 Å². The molecule has 0 saturated heterocycles. The summed E-state index contributed by atoms with van der Waals surface area (Å²) >= 11 is 0. The van der Waals surface area contributed by atoms with Crippen molar-refractivity contribution < 1.29 is 23.9 Å². The number of quaternary nitrogens is 1. The van der Waals surface area contributed by atoms with Crippen LogP contribution in [-0.4, -0.2) is 67.7 Å². The molecule has 0 saturated carbocycles. The number of esters is 1. The van der Waals surface area contributed by atoms with E-state index < -0.39 is 6.10 Å². The van der Waals surface area contributed by atoms with Gasteiger partial charge in [0.05, 0.1) is 32.8 Å². The maximum Gasteiger partial charge on any atom is 0.330 e. The van der Waals surface area contributed by atoms with Gasteiger partial charge in [-0.1, -0.05) is 6.58 Å². The number of aliphatic hydroxyl groups excluding tert-OH is 1. The highest BCUT2D eigenvalue weighted by atomic mass is 16.5. The zero-order chi connectivity index (χ0) is 16.1. The summed E-state index contributed by atoms with van der Waals surface area (Å²) in [6.07, 6.45) is 2.30. The third-order valence-corrected chi connectivity index (χ3v) is 4.01. The van der Waals surface area contributed by atoms with E-state index in [4.69, 9.17) is 9.47 Å². The Kier molecular flexibility index (Phi) is 11.2. The van der Waals surface area contributed by atoms with E-state index >= 15 is 0 Å². The average Bonchev–Trinajstić information content (AvgIpc) is 2.51. The Balaban J connectivity index is 3.68. The lowest BCUT2D eigenvalue weighted by Crippen LogP contribution is -2.52. The molecule has 0 amide bonds. The number of rotatable bonds is 13. The van der Waals surface area contributed by atoms with Gasteiger partial charge in [-0.2, -0.15) is 0 Å². The number of unbranched alkanes of at least 4 members (excludes halogenated alkanes) is 1. The fraction of sp³-hybridized carbons (Fsp3) is 0.812. The normalized spacial score (nSPS) is 13.0. The maximum atomic E-state index is 10.8. The molecule has 0 rings (SSSR count). The van der Waals surface area contributed by atoms with Gasteiger partial charge in [-0.15, -0.1) is 0 Å². The van der Waals surface area contributed by atoms with Crippen LogP contribution in [0.15, 0.2) is 12.7 Å². The molecule has 0 aliphatic heterocycles. The smallest absolute Gasteiger partial charge is 0.330 e. The molecule has 5 nitrogen and oxygen atoms in total. The number of aliphatic hydroxyl groups is 1. The molecule has 0 aliphatic rings. The quantitative estimate of drug-likeness (QED) is 0.244. The van der Waals surface area contributed by atoms with Crippen molar-refractivity contribution in [2.75, 3.05) is 46.0 Å². The monoisotopic (exact) mass is 302 g/mol. The van der Waals surface area contributed by atoms with Gasteiger partial charge in [0.15, 0.2) is 0 Å².